The van der Waals surface area contributed by atoms with E-state index < -0.39 is 26.4 Å². The molecule has 9 heteroatoms. The second-order valence-electron chi connectivity index (χ2n) is 6.14. The molecule has 0 spiro atoms. The van der Waals surface area contributed by atoms with Gasteiger partial charge in [-0.15, -0.1) is 11.3 Å². The van der Waals surface area contributed by atoms with Gasteiger partial charge in [-0.1, -0.05) is 23.8 Å². The van der Waals surface area contributed by atoms with Crippen LogP contribution in [0.25, 0.3) is 11.3 Å². The van der Waals surface area contributed by atoms with Gasteiger partial charge in [0.15, 0.2) is 5.13 Å². The highest BCUT2D eigenvalue weighted by Gasteiger charge is 2.26. The number of carbonyl (C=O) groups excluding carboxylic acids is 1. The third kappa shape index (κ3) is 4.10. The smallest absolute Gasteiger partial charge is 0.298 e. The van der Waals surface area contributed by atoms with Crippen molar-refractivity contribution in [3.63, 3.8) is 0 Å². The lowest BCUT2D eigenvalue weighted by molar-refractivity contribution is 0.102. The summed E-state index contributed by atoms with van der Waals surface area (Å²) in [6, 6.07) is 10.3. The first-order valence-corrected chi connectivity index (χ1v) is 10.6. The van der Waals surface area contributed by atoms with Crippen LogP contribution < -0.4 is 5.32 Å². The van der Waals surface area contributed by atoms with Gasteiger partial charge < -0.3 is 0 Å². The molecule has 1 N–H and O–H groups in total. The lowest BCUT2D eigenvalue weighted by atomic mass is 10.0. The van der Waals surface area contributed by atoms with E-state index in [4.69, 9.17) is 0 Å². The molecule has 0 saturated carbocycles. The first-order chi connectivity index (χ1) is 13.2. The molecule has 0 bridgehead atoms. The van der Waals surface area contributed by atoms with Crippen LogP contribution >= 0.6 is 11.3 Å². The molecule has 2 aromatic carbocycles. The highest BCUT2D eigenvalue weighted by molar-refractivity contribution is 7.91. The van der Waals surface area contributed by atoms with E-state index in [0.29, 0.717) is 5.13 Å². The number of aromatic nitrogens is 1. The SMILES string of the molecule is Cc1ccc(-c2csc(NC(=O)c3ccc(S(=O)(=O)C(F)F)cc3)n2)c(C)c1. The topological polar surface area (TPSA) is 76.1 Å². The standard InChI is InChI=1S/C19H16F2N2O3S2/c1-11-3-8-15(12(2)9-11)16-10-27-19(22-16)23-17(24)13-4-6-14(7-5-13)28(25,26)18(20)21/h3-10,18H,1-2H3,(H,22,23,24). The Morgan fingerprint density at radius 1 is 1.11 bits per heavy atom. The predicted molar refractivity (Wildman–Crippen MR) is 105 cm³/mol. The molecule has 0 aliphatic heterocycles. The van der Waals surface area contributed by atoms with Crippen LogP contribution in [0.4, 0.5) is 13.9 Å². The maximum Gasteiger partial charge on any atom is 0.341 e. The monoisotopic (exact) mass is 422 g/mol. The van der Waals surface area contributed by atoms with Crippen molar-refractivity contribution in [3.05, 3.63) is 64.5 Å². The maximum absolute atomic E-state index is 12.6. The second-order valence-corrected chi connectivity index (χ2v) is 8.92. The van der Waals surface area contributed by atoms with Gasteiger partial charge in [0, 0.05) is 16.5 Å². The summed E-state index contributed by atoms with van der Waals surface area (Å²) in [6.07, 6.45) is 0. The molecule has 28 heavy (non-hydrogen) atoms. The summed E-state index contributed by atoms with van der Waals surface area (Å²) in [6.45, 7) is 3.98. The van der Waals surface area contributed by atoms with E-state index >= 15 is 0 Å². The molecule has 0 radical (unpaired) electrons. The molecule has 146 valence electrons. The van der Waals surface area contributed by atoms with E-state index in [-0.39, 0.29) is 5.56 Å². The maximum atomic E-state index is 12.6. The number of halogens is 2. The van der Waals surface area contributed by atoms with Crippen LogP contribution in [0.1, 0.15) is 21.5 Å². The number of alkyl halides is 2. The van der Waals surface area contributed by atoms with Gasteiger partial charge in [0.2, 0.25) is 9.84 Å². The Kier molecular flexibility index (Phi) is 5.57. The zero-order valence-electron chi connectivity index (χ0n) is 14.9. The van der Waals surface area contributed by atoms with E-state index in [2.05, 4.69) is 10.3 Å². The second kappa shape index (κ2) is 7.76. The number of anilines is 1. The fourth-order valence-corrected chi connectivity index (χ4v) is 4.05. The summed E-state index contributed by atoms with van der Waals surface area (Å²) in [5.74, 6) is -4.02. The van der Waals surface area contributed by atoms with Gasteiger partial charge in [-0.05, 0) is 43.7 Å². The van der Waals surface area contributed by atoms with Crippen LogP contribution in [0.2, 0.25) is 0 Å². The summed E-state index contributed by atoms with van der Waals surface area (Å²) in [5.41, 5.74) is 4.04. The minimum Gasteiger partial charge on any atom is -0.298 e. The first-order valence-electron chi connectivity index (χ1n) is 8.15. The van der Waals surface area contributed by atoms with E-state index in [9.17, 15) is 22.0 Å². The summed E-state index contributed by atoms with van der Waals surface area (Å²) in [5, 5.41) is 4.83. The Hall–Kier alpha value is -2.65. The third-order valence-corrected chi connectivity index (χ3v) is 6.22. The molecular formula is C19H16F2N2O3S2. The van der Waals surface area contributed by atoms with Gasteiger partial charge in [0.25, 0.3) is 5.91 Å². The number of nitrogens with zero attached hydrogens (tertiary/aromatic N) is 1. The molecule has 5 nitrogen and oxygen atoms in total. The van der Waals surface area contributed by atoms with Crippen molar-refractivity contribution < 1.29 is 22.0 Å². The molecule has 1 aromatic heterocycles. The summed E-state index contributed by atoms with van der Waals surface area (Å²) < 4.78 is 48.0. The number of benzene rings is 2. The van der Waals surface area contributed by atoms with Gasteiger partial charge in [-0.2, -0.15) is 8.78 Å². The molecule has 0 unspecified atom stereocenters. The Bertz CT molecular complexity index is 1120. The number of hydrogen-bond donors (Lipinski definition) is 1. The summed E-state index contributed by atoms with van der Waals surface area (Å²) >= 11 is 1.25. The van der Waals surface area contributed by atoms with Gasteiger partial charge in [-0.3, -0.25) is 10.1 Å². The van der Waals surface area contributed by atoms with Gasteiger partial charge in [0.05, 0.1) is 10.6 Å². The van der Waals surface area contributed by atoms with Crippen LogP contribution in [-0.4, -0.2) is 25.1 Å². The van der Waals surface area contributed by atoms with Crippen molar-refractivity contribution in [1.82, 2.24) is 4.98 Å². The van der Waals surface area contributed by atoms with Crippen molar-refractivity contribution >= 4 is 32.2 Å². The lowest BCUT2D eigenvalue weighted by Gasteiger charge is -2.05. The zero-order valence-corrected chi connectivity index (χ0v) is 16.6. The summed E-state index contributed by atoms with van der Waals surface area (Å²) in [4.78, 5) is 16.2. The van der Waals surface area contributed by atoms with Crippen LogP contribution in [0.5, 0.6) is 0 Å². The van der Waals surface area contributed by atoms with E-state index in [1.807, 2.05) is 37.4 Å². The van der Waals surface area contributed by atoms with Crippen LogP contribution in [-0.2, 0) is 9.84 Å². The quantitative estimate of drug-likeness (QED) is 0.648. The number of amides is 1. The highest BCUT2D eigenvalue weighted by atomic mass is 32.2. The summed E-state index contributed by atoms with van der Waals surface area (Å²) in [7, 11) is -4.69. The average Bonchev–Trinajstić information content (AvgIpc) is 3.09. The fraction of sp³-hybridized carbons (Fsp3) is 0.158. The number of thiazole rings is 1. The Labute approximate surface area is 165 Å². The molecule has 0 saturated heterocycles. The molecule has 3 aromatic rings. The average molecular weight is 422 g/mol. The number of aryl methyl sites for hydroxylation is 2. The van der Waals surface area contributed by atoms with Crippen molar-refractivity contribution in [2.75, 3.05) is 5.32 Å². The van der Waals surface area contributed by atoms with Crippen LogP contribution in [0, 0.1) is 13.8 Å². The molecule has 0 aliphatic rings. The number of sulfone groups is 1. The van der Waals surface area contributed by atoms with Crippen LogP contribution in [0.15, 0.2) is 52.7 Å². The zero-order chi connectivity index (χ0) is 20.5. The molecule has 1 heterocycles. The van der Waals surface area contributed by atoms with Crippen molar-refractivity contribution in [2.24, 2.45) is 0 Å². The number of carbonyl (C=O) groups is 1. The Morgan fingerprint density at radius 3 is 2.39 bits per heavy atom. The Balaban J connectivity index is 1.76. The molecule has 1 amide bonds. The lowest BCUT2D eigenvalue weighted by Crippen LogP contribution is -2.14. The highest BCUT2D eigenvalue weighted by Crippen LogP contribution is 2.28. The molecule has 0 fully saturated rings. The molecule has 3 rings (SSSR count). The first kappa shape index (κ1) is 20.1. The van der Waals surface area contributed by atoms with Gasteiger partial charge >= 0.3 is 5.76 Å². The third-order valence-electron chi connectivity index (χ3n) is 4.06. The predicted octanol–water partition coefficient (Wildman–Crippen LogP) is 4.68. The minimum atomic E-state index is -4.69. The fourth-order valence-electron chi connectivity index (χ4n) is 2.62. The van der Waals surface area contributed by atoms with E-state index in [1.165, 1.54) is 23.5 Å². The van der Waals surface area contributed by atoms with E-state index in [0.717, 1.165) is 34.5 Å². The largest absolute Gasteiger partial charge is 0.341 e. The number of rotatable bonds is 5. The van der Waals surface area contributed by atoms with Crippen molar-refractivity contribution in [2.45, 2.75) is 24.5 Å². The van der Waals surface area contributed by atoms with Gasteiger partial charge in [0.1, 0.15) is 0 Å². The number of hydrogen-bond acceptors (Lipinski definition) is 5. The molecule has 0 atom stereocenters. The van der Waals surface area contributed by atoms with Crippen molar-refractivity contribution in [3.8, 4) is 11.3 Å². The van der Waals surface area contributed by atoms with E-state index in [1.54, 1.807) is 0 Å². The molecular weight excluding hydrogens is 406 g/mol. The number of nitrogens with one attached hydrogen (secondary N) is 1. The molecule has 0 aliphatic carbocycles. The van der Waals surface area contributed by atoms with Crippen LogP contribution in [0.3, 0.4) is 0 Å². The van der Waals surface area contributed by atoms with Crippen molar-refractivity contribution in [1.29, 1.82) is 0 Å². The normalized spacial score (nSPS) is 11.6. The Morgan fingerprint density at radius 2 is 1.79 bits per heavy atom. The van der Waals surface area contributed by atoms with Gasteiger partial charge in [-0.25, -0.2) is 13.4 Å². The minimum absolute atomic E-state index is 0.136.